The van der Waals surface area contributed by atoms with Gasteiger partial charge in [-0.3, -0.25) is 9.48 Å². The Kier molecular flexibility index (Phi) is 3.47. The number of esters is 1. The first-order valence-electron chi connectivity index (χ1n) is 4.86. The van der Waals surface area contributed by atoms with Gasteiger partial charge in [0.05, 0.1) is 25.3 Å². The van der Waals surface area contributed by atoms with E-state index < -0.39 is 5.54 Å². The van der Waals surface area contributed by atoms with Gasteiger partial charge < -0.3 is 10.5 Å². The van der Waals surface area contributed by atoms with Gasteiger partial charge in [0.25, 0.3) is 0 Å². The van der Waals surface area contributed by atoms with E-state index in [0.29, 0.717) is 6.42 Å². The van der Waals surface area contributed by atoms with Crippen LogP contribution >= 0.6 is 0 Å². The van der Waals surface area contributed by atoms with Crippen LogP contribution in [0.1, 0.15) is 25.3 Å². The molecule has 1 atom stereocenters. The number of rotatable bonds is 4. The normalized spacial score (nSPS) is 14.7. The molecule has 0 radical (unpaired) electrons. The molecule has 0 aliphatic heterocycles. The first kappa shape index (κ1) is 11.7. The largest absolute Gasteiger partial charge is 0.469 e. The molecule has 0 amide bonds. The van der Waals surface area contributed by atoms with E-state index >= 15 is 0 Å². The molecule has 0 aliphatic carbocycles. The fraction of sp³-hybridized carbons (Fsp3) is 0.600. The number of methoxy groups -OCH3 is 1. The van der Waals surface area contributed by atoms with Crippen molar-refractivity contribution >= 4 is 5.97 Å². The van der Waals surface area contributed by atoms with Crippen molar-refractivity contribution in [2.24, 2.45) is 12.8 Å². The molecular weight excluding hydrogens is 194 g/mol. The van der Waals surface area contributed by atoms with Gasteiger partial charge in [-0.15, -0.1) is 0 Å². The highest BCUT2D eigenvalue weighted by Crippen LogP contribution is 2.25. The van der Waals surface area contributed by atoms with Crippen molar-refractivity contribution in [3.05, 3.63) is 18.0 Å². The summed E-state index contributed by atoms with van der Waals surface area (Å²) in [5, 5.41) is 4.05. The highest BCUT2D eigenvalue weighted by molar-refractivity contribution is 5.71. The molecule has 1 aromatic heterocycles. The van der Waals surface area contributed by atoms with Crippen LogP contribution in [0.3, 0.4) is 0 Å². The molecular formula is C10H17N3O2. The Labute approximate surface area is 89.2 Å². The third-order valence-corrected chi connectivity index (χ3v) is 2.60. The van der Waals surface area contributed by atoms with Crippen molar-refractivity contribution in [2.45, 2.75) is 25.3 Å². The van der Waals surface area contributed by atoms with Crippen LogP contribution in [0.15, 0.2) is 12.4 Å². The fourth-order valence-electron chi connectivity index (χ4n) is 1.44. The van der Waals surface area contributed by atoms with Crippen LogP contribution in [0.25, 0.3) is 0 Å². The van der Waals surface area contributed by atoms with Crippen LogP contribution < -0.4 is 5.73 Å². The van der Waals surface area contributed by atoms with Gasteiger partial charge in [0.2, 0.25) is 0 Å². The molecule has 84 valence electrons. The van der Waals surface area contributed by atoms with E-state index in [1.807, 2.05) is 20.2 Å². The molecule has 1 heterocycles. The molecule has 0 aromatic carbocycles. The minimum absolute atomic E-state index is 0.172. The van der Waals surface area contributed by atoms with Gasteiger partial charge in [0.1, 0.15) is 0 Å². The predicted octanol–water partition coefficient (Wildman–Crippen LogP) is 0.547. The lowest BCUT2D eigenvalue weighted by Gasteiger charge is -2.25. The van der Waals surface area contributed by atoms with E-state index in [1.54, 1.807) is 10.9 Å². The third-order valence-electron chi connectivity index (χ3n) is 2.60. The molecule has 1 aromatic rings. The number of ether oxygens (including phenoxy) is 1. The van der Waals surface area contributed by atoms with Crippen molar-refractivity contribution in [3.8, 4) is 0 Å². The van der Waals surface area contributed by atoms with Crippen LogP contribution in [0, 0.1) is 0 Å². The quantitative estimate of drug-likeness (QED) is 0.738. The standard InChI is InChI=1S/C10H17N3O2/c1-4-10(11,5-9(14)15-3)8-6-12-13(2)7-8/h6-7H,4-5,11H2,1-3H3. The van der Waals surface area contributed by atoms with Crippen LogP contribution in [-0.4, -0.2) is 22.9 Å². The molecule has 0 saturated carbocycles. The molecule has 0 aliphatic rings. The molecule has 1 rings (SSSR count). The van der Waals surface area contributed by atoms with E-state index in [1.165, 1.54) is 7.11 Å². The van der Waals surface area contributed by atoms with Gasteiger partial charge in [0, 0.05) is 18.8 Å². The molecule has 2 N–H and O–H groups in total. The Morgan fingerprint density at radius 1 is 1.73 bits per heavy atom. The van der Waals surface area contributed by atoms with E-state index in [-0.39, 0.29) is 12.4 Å². The summed E-state index contributed by atoms with van der Waals surface area (Å²) >= 11 is 0. The lowest BCUT2D eigenvalue weighted by molar-refractivity contribution is -0.142. The third kappa shape index (κ3) is 2.56. The second-order valence-electron chi connectivity index (χ2n) is 3.67. The number of carbonyl (C=O) groups excluding carboxylic acids is 1. The van der Waals surface area contributed by atoms with E-state index in [4.69, 9.17) is 5.73 Å². The maximum absolute atomic E-state index is 11.2. The second kappa shape index (κ2) is 4.44. The first-order chi connectivity index (χ1) is 7.01. The Morgan fingerprint density at radius 3 is 2.80 bits per heavy atom. The van der Waals surface area contributed by atoms with Crippen LogP contribution in [0.4, 0.5) is 0 Å². The lowest BCUT2D eigenvalue weighted by atomic mass is 9.87. The number of hydrogen-bond donors (Lipinski definition) is 1. The van der Waals surface area contributed by atoms with Crippen molar-refractivity contribution in [1.82, 2.24) is 9.78 Å². The number of hydrogen-bond acceptors (Lipinski definition) is 4. The summed E-state index contributed by atoms with van der Waals surface area (Å²) in [4.78, 5) is 11.2. The van der Waals surface area contributed by atoms with Gasteiger partial charge >= 0.3 is 5.97 Å². The zero-order chi connectivity index (χ0) is 11.5. The average Bonchev–Trinajstić information content (AvgIpc) is 2.65. The summed E-state index contributed by atoms with van der Waals surface area (Å²) in [6, 6.07) is 0. The maximum atomic E-state index is 11.2. The van der Waals surface area contributed by atoms with Crippen LogP contribution in [0.2, 0.25) is 0 Å². The molecule has 1 unspecified atom stereocenters. The molecule has 0 bridgehead atoms. The fourth-order valence-corrected chi connectivity index (χ4v) is 1.44. The summed E-state index contributed by atoms with van der Waals surface area (Å²) in [6.45, 7) is 1.94. The molecule has 0 saturated heterocycles. The summed E-state index contributed by atoms with van der Waals surface area (Å²) in [7, 11) is 3.18. The summed E-state index contributed by atoms with van der Waals surface area (Å²) < 4.78 is 6.30. The molecule has 15 heavy (non-hydrogen) atoms. The van der Waals surface area contributed by atoms with Gasteiger partial charge in [-0.25, -0.2) is 0 Å². The van der Waals surface area contributed by atoms with Crippen LogP contribution in [-0.2, 0) is 22.1 Å². The van der Waals surface area contributed by atoms with Crippen molar-refractivity contribution in [1.29, 1.82) is 0 Å². The number of carbonyl (C=O) groups is 1. The highest BCUT2D eigenvalue weighted by Gasteiger charge is 2.30. The van der Waals surface area contributed by atoms with E-state index in [9.17, 15) is 4.79 Å². The number of aromatic nitrogens is 2. The smallest absolute Gasteiger partial charge is 0.307 e. The minimum Gasteiger partial charge on any atom is -0.469 e. The Bertz CT molecular complexity index is 348. The lowest BCUT2D eigenvalue weighted by Crippen LogP contribution is -2.38. The predicted molar refractivity (Wildman–Crippen MR) is 56.0 cm³/mol. The highest BCUT2D eigenvalue weighted by atomic mass is 16.5. The minimum atomic E-state index is -0.679. The van der Waals surface area contributed by atoms with Gasteiger partial charge in [-0.05, 0) is 6.42 Å². The Hall–Kier alpha value is -1.36. The Balaban J connectivity index is 2.89. The monoisotopic (exact) mass is 211 g/mol. The molecule has 5 heteroatoms. The molecule has 5 nitrogen and oxygen atoms in total. The van der Waals surface area contributed by atoms with E-state index in [2.05, 4.69) is 9.84 Å². The zero-order valence-electron chi connectivity index (χ0n) is 9.36. The van der Waals surface area contributed by atoms with Gasteiger partial charge in [-0.2, -0.15) is 5.10 Å². The number of nitrogens with two attached hydrogens (primary N) is 1. The number of nitrogens with zero attached hydrogens (tertiary/aromatic N) is 2. The molecule has 0 fully saturated rings. The molecule has 0 spiro atoms. The maximum Gasteiger partial charge on any atom is 0.307 e. The van der Waals surface area contributed by atoms with E-state index in [0.717, 1.165) is 5.56 Å². The van der Waals surface area contributed by atoms with Crippen molar-refractivity contribution in [3.63, 3.8) is 0 Å². The second-order valence-corrected chi connectivity index (χ2v) is 3.67. The zero-order valence-corrected chi connectivity index (χ0v) is 9.36. The van der Waals surface area contributed by atoms with Crippen molar-refractivity contribution in [2.75, 3.05) is 7.11 Å². The van der Waals surface area contributed by atoms with Crippen molar-refractivity contribution < 1.29 is 9.53 Å². The van der Waals surface area contributed by atoms with Crippen LogP contribution in [0.5, 0.6) is 0 Å². The average molecular weight is 211 g/mol. The summed E-state index contributed by atoms with van der Waals surface area (Å²) in [5.74, 6) is -0.303. The number of aryl methyl sites for hydroxylation is 1. The summed E-state index contributed by atoms with van der Waals surface area (Å²) in [5.41, 5.74) is 6.33. The van der Waals surface area contributed by atoms with Gasteiger partial charge in [0.15, 0.2) is 0 Å². The Morgan fingerprint density at radius 2 is 2.40 bits per heavy atom. The topological polar surface area (TPSA) is 70.1 Å². The first-order valence-corrected chi connectivity index (χ1v) is 4.86. The van der Waals surface area contributed by atoms with Gasteiger partial charge in [-0.1, -0.05) is 6.92 Å². The SMILES string of the molecule is CCC(N)(CC(=O)OC)c1cnn(C)c1. The summed E-state index contributed by atoms with van der Waals surface area (Å²) in [6.07, 6.45) is 4.35.